The molecule has 5 nitrogen and oxygen atoms in total. The van der Waals surface area contributed by atoms with Crippen molar-refractivity contribution in [2.45, 2.75) is 9.79 Å². The largest absolute Gasteiger partial charge is 0.468 e. The summed E-state index contributed by atoms with van der Waals surface area (Å²) in [7, 11) is -2.26. The van der Waals surface area contributed by atoms with Crippen LogP contribution in [0.3, 0.4) is 0 Å². The number of esters is 1. The molecule has 0 unspecified atom stereocenters. The zero-order chi connectivity index (χ0) is 15.0. The summed E-state index contributed by atoms with van der Waals surface area (Å²) in [4.78, 5) is 13.7. The van der Waals surface area contributed by atoms with Gasteiger partial charge in [-0.15, -0.1) is 0 Å². The van der Waals surface area contributed by atoms with Crippen LogP contribution in [0, 0.1) is 0 Å². The molecule has 3 rings (SSSR count). The molecule has 0 bridgehead atoms. The Morgan fingerprint density at radius 2 is 1.48 bits per heavy atom. The van der Waals surface area contributed by atoms with E-state index in [-0.39, 0.29) is 16.3 Å². The average Bonchev–Trinajstić information content (AvgIpc) is 2.51. The molecule has 0 aliphatic carbocycles. The molecule has 1 aliphatic rings. The van der Waals surface area contributed by atoms with Gasteiger partial charge in [-0.2, -0.15) is 0 Å². The third-order valence-corrected chi connectivity index (χ3v) is 5.25. The molecule has 0 fully saturated rings. The zero-order valence-corrected chi connectivity index (χ0v) is 12.1. The Morgan fingerprint density at radius 3 is 1.95 bits per heavy atom. The quantitative estimate of drug-likeness (QED) is 0.795. The number of hydrogen-bond acceptors (Lipinski definition) is 5. The lowest BCUT2D eigenvalue weighted by molar-refractivity contribution is -0.138. The summed E-state index contributed by atoms with van der Waals surface area (Å²) in [5.74, 6) is -0.432. The van der Waals surface area contributed by atoms with Crippen LogP contribution in [0.25, 0.3) is 0 Å². The number of hydrogen-bond donors (Lipinski definition) is 0. The number of carbonyl (C=O) groups excluding carboxylic acids is 1. The van der Waals surface area contributed by atoms with Crippen LogP contribution < -0.4 is 4.90 Å². The number of para-hydroxylation sites is 2. The van der Waals surface area contributed by atoms with E-state index in [0.717, 1.165) is 0 Å². The molecular formula is C15H13NO4S. The molecule has 1 aliphatic heterocycles. The maximum atomic E-state index is 12.7. The Balaban J connectivity index is 2.26. The Morgan fingerprint density at radius 1 is 1.00 bits per heavy atom. The fourth-order valence-corrected chi connectivity index (χ4v) is 4.09. The van der Waals surface area contributed by atoms with Gasteiger partial charge in [0.2, 0.25) is 9.84 Å². The van der Waals surface area contributed by atoms with Gasteiger partial charge in [-0.05, 0) is 24.3 Å². The van der Waals surface area contributed by atoms with Gasteiger partial charge in [0.05, 0.1) is 28.3 Å². The van der Waals surface area contributed by atoms with E-state index in [2.05, 4.69) is 0 Å². The fraction of sp³-hybridized carbons (Fsp3) is 0.133. The second-order valence-electron chi connectivity index (χ2n) is 4.60. The summed E-state index contributed by atoms with van der Waals surface area (Å²) in [6, 6.07) is 13.3. The molecule has 0 saturated heterocycles. The number of nitrogens with zero attached hydrogens (tertiary/aromatic N) is 1. The van der Waals surface area contributed by atoms with Crippen LogP contribution in [0.4, 0.5) is 11.4 Å². The van der Waals surface area contributed by atoms with Crippen molar-refractivity contribution in [3.8, 4) is 0 Å². The highest BCUT2D eigenvalue weighted by Gasteiger charge is 2.34. The minimum absolute atomic E-state index is 0.0416. The second-order valence-corrected chi connectivity index (χ2v) is 6.49. The Bertz CT molecular complexity index is 760. The van der Waals surface area contributed by atoms with E-state index in [0.29, 0.717) is 11.4 Å². The molecular weight excluding hydrogens is 290 g/mol. The molecule has 6 heteroatoms. The first-order chi connectivity index (χ1) is 10.1. The second kappa shape index (κ2) is 4.89. The first kappa shape index (κ1) is 13.6. The van der Waals surface area contributed by atoms with Crippen molar-refractivity contribution in [3.05, 3.63) is 48.5 Å². The normalized spacial score (nSPS) is 15.0. The number of rotatable bonds is 2. The maximum Gasteiger partial charge on any atom is 0.325 e. The third-order valence-electron chi connectivity index (χ3n) is 3.41. The Labute approximate surface area is 122 Å². The minimum atomic E-state index is -3.57. The van der Waals surface area contributed by atoms with Crippen LogP contribution in [0.2, 0.25) is 0 Å². The van der Waals surface area contributed by atoms with Gasteiger partial charge in [0.25, 0.3) is 0 Å². The summed E-state index contributed by atoms with van der Waals surface area (Å²) in [5, 5.41) is 0. The summed E-state index contributed by atoms with van der Waals surface area (Å²) in [6.07, 6.45) is 0. The lowest BCUT2D eigenvalue weighted by atomic mass is 10.2. The molecule has 2 aromatic rings. The average molecular weight is 303 g/mol. The van der Waals surface area contributed by atoms with E-state index in [1.807, 2.05) is 0 Å². The van der Waals surface area contributed by atoms with Gasteiger partial charge >= 0.3 is 5.97 Å². The van der Waals surface area contributed by atoms with Gasteiger partial charge in [0, 0.05) is 0 Å². The van der Waals surface area contributed by atoms with Crippen molar-refractivity contribution in [2.24, 2.45) is 0 Å². The smallest absolute Gasteiger partial charge is 0.325 e. The van der Waals surface area contributed by atoms with Gasteiger partial charge in [-0.25, -0.2) is 8.42 Å². The maximum absolute atomic E-state index is 12.7. The molecule has 21 heavy (non-hydrogen) atoms. The molecule has 0 saturated carbocycles. The van der Waals surface area contributed by atoms with Gasteiger partial charge in [0.15, 0.2) is 0 Å². The molecule has 108 valence electrons. The van der Waals surface area contributed by atoms with Crippen LogP contribution >= 0.6 is 0 Å². The molecule has 0 spiro atoms. The predicted molar refractivity (Wildman–Crippen MR) is 77.4 cm³/mol. The summed E-state index contributed by atoms with van der Waals surface area (Å²) < 4.78 is 30.0. The number of fused-ring (bicyclic) bond motifs is 2. The van der Waals surface area contributed by atoms with Crippen LogP contribution in [0.1, 0.15) is 0 Å². The van der Waals surface area contributed by atoms with Gasteiger partial charge in [-0.1, -0.05) is 24.3 Å². The monoisotopic (exact) mass is 303 g/mol. The van der Waals surface area contributed by atoms with Crippen LogP contribution in [0.15, 0.2) is 58.3 Å². The lowest BCUT2D eigenvalue weighted by Gasteiger charge is -2.31. The van der Waals surface area contributed by atoms with E-state index in [1.165, 1.54) is 7.11 Å². The number of carbonyl (C=O) groups is 1. The van der Waals surface area contributed by atoms with E-state index >= 15 is 0 Å². The molecule has 0 atom stereocenters. The summed E-state index contributed by atoms with van der Waals surface area (Å²) in [6.45, 7) is -0.0416. The number of ether oxygens (including phenoxy) is 1. The van der Waals surface area contributed by atoms with Crippen LogP contribution in [-0.4, -0.2) is 28.0 Å². The Kier molecular flexibility index (Phi) is 3.17. The number of benzene rings is 2. The summed E-state index contributed by atoms with van der Waals surface area (Å²) in [5.41, 5.74) is 0.975. The van der Waals surface area contributed by atoms with Gasteiger partial charge in [0.1, 0.15) is 6.54 Å². The van der Waals surface area contributed by atoms with Gasteiger partial charge < -0.3 is 9.64 Å². The number of sulfone groups is 1. The van der Waals surface area contributed by atoms with Crippen molar-refractivity contribution in [2.75, 3.05) is 18.6 Å². The molecule has 1 heterocycles. The highest BCUT2D eigenvalue weighted by Crippen LogP contribution is 2.43. The van der Waals surface area contributed by atoms with E-state index in [9.17, 15) is 13.2 Å². The molecule has 0 amide bonds. The minimum Gasteiger partial charge on any atom is -0.468 e. The van der Waals surface area contributed by atoms with Crippen LogP contribution in [-0.2, 0) is 19.4 Å². The van der Waals surface area contributed by atoms with Crippen molar-refractivity contribution in [1.29, 1.82) is 0 Å². The topological polar surface area (TPSA) is 63.7 Å². The summed E-state index contributed by atoms with van der Waals surface area (Å²) >= 11 is 0. The van der Waals surface area contributed by atoms with Crippen molar-refractivity contribution >= 4 is 27.2 Å². The van der Waals surface area contributed by atoms with E-state index in [1.54, 1.807) is 53.4 Å². The zero-order valence-electron chi connectivity index (χ0n) is 11.3. The van der Waals surface area contributed by atoms with E-state index < -0.39 is 15.8 Å². The van der Waals surface area contributed by atoms with Gasteiger partial charge in [-0.3, -0.25) is 4.79 Å². The first-order valence-electron chi connectivity index (χ1n) is 6.33. The SMILES string of the molecule is COC(=O)CN1c2ccccc2S(=O)(=O)c2ccccc21. The molecule has 0 N–H and O–H groups in total. The molecule has 2 aromatic carbocycles. The fourth-order valence-electron chi connectivity index (χ4n) is 2.43. The van der Waals surface area contributed by atoms with Crippen molar-refractivity contribution in [3.63, 3.8) is 0 Å². The van der Waals surface area contributed by atoms with Crippen molar-refractivity contribution < 1.29 is 17.9 Å². The van der Waals surface area contributed by atoms with Crippen LogP contribution in [0.5, 0.6) is 0 Å². The Hall–Kier alpha value is -2.34. The lowest BCUT2D eigenvalue weighted by Crippen LogP contribution is -2.31. The third kappa shape index (κ3) is 2.08. The molecule has 0 radical (unpaired) electrons. The standard InChI is InChI=1S/C15H13NO4S/c1-20-15(17)10-16-11-6-2-4-8-13(11)21(18,19)14-9-5-3-7-12(14)16/h2-9H,10H2,1H3. The first-order valence-corrected chi connectivity index (χ1v) is 7.81. The number of methoxy groups -OCH3 is 1. The number of anilines is 2. The highest BCUT2D eigenvalue weighted by atomic mass is 32.2. The highest BCUT2D eigenvalue weighted by molar-refractivity contribution is 7.92. The molecule has 0 aromatic heterocycles. The predicted octanol–water partition coefficient (Wildman–Crippen LogP) is 2.14. The van der Waals surface area contributed by atoms with E-state index in [4.69, 9.17) is 4.74 Å². The van der Waals surface area contributed by atoms with Crippen molar-refractivity contribution in [1.82, 2.24) is 0 Å².